The molecule has 0 bridgehead atoms. The van der Waals surface area contributed by atoms with E-state index in [0.29, 0.717) is 17.5 Å². The fourth-order valence-electron chi connectivity index (χ4n) is 3.50. The van der Waals surface area contributed by atoms with Crippen molar-refractivity contribution in [2.75, 3.05) is 6.61 Å². The van der Waals surface area contributed by atoms with Gasteiger partial charge in [0.15, 0.2) is 17.3 Å². The molecule has 2 aromatic rings. The molecular weight excluding hydrogens is 352 g/mol. The molecule has 0 spiro atoms. The molecular formula is C20H20O7. The van der Waals surface area contributed by atoms with Gasteiger partial charge in [-0.25, -0.2) is 0 Å². The maximum Gasteiger partial charge on any atom is 0.181 e. The first-order valence-corrected chi connectivity index (χ1v) is 8.63. The van der Waals surface area contributed by atoms with Gasteiger partial charge in [0.1, 0.15) is 29.4 Å². The van der Waals surface area contributed by atoms with Crippen LogP contribution in [0.2, 0.25) is 0 Å². The highest BCUT2D eigenvalue weighted by atomic mass is 16.6. The van der Waals surface area contributed by atoms with Gasteiger partial charge >= 0.3 is 0 Å². The molecule has 4 rings (SSSR count). The summed E-state index contributed by atoms with van der Waals surface area (Å²) in [6.07, 6.45) is 0.321. The van der Waals surface area contributed by atoms with Crippen LogP contribution in [0.3, 0.4) is 0 Å². The van der Waals surface area contributed by atoms with E-state index in [0.717, 1.165) is 6.07 Å². The number of Topliss-reactive ketones (excluding diaryl/α,β-unsaturated/α-hetero) is 1. The summed E-state index contributed by atoms with van der Waals surface area (Å²) in [5.41, 5.74) is 0.662. The van der Waals surface area contributed by atoms with Gasteiger partial charge < -0.3 is 29.9 Å². The number of epoxide rings is 1. The van der Waals surface area contributed by atoms with Crippen LogP contribution in [0.1, 0.15) is 41.3 Å². The van der Waals surface area contributed by atoms with Crippen LogP contribution in [0, 0.1) is 0 Å². The van der Waals surface area contributed by atoms with Gasteiger partial charge in [0.05, 0.1) is 17.6 Å². The summed E-state index contributed by atoms with van der Waals surface area (Å²) in [5.74, 6) is -2.15. The minimum absolute atomic E-state index is 0.00942. The quantitative estimate of drug-likeness (QED) is 0.483. The molecule has 142 valence electrons. The molecule has 0 unspecified atom stereocenters. The highest BCUT2D eigenvalue weighted by molar-refractivity contribution is 6.06. The lowest BCUT2D eigenvalue weighted by Gasteiger charge is -2.25. The number of hydrogen-bond acceptors (Lipinski definition) is 7. The maximum atomic E-state index is 12.9. The van der Waals surface area contributed by atoms with Crippen LogP contribution >= 0.6 is 0 Å². The van der Waals surface area contributed by atoms with Crippen molar-refractivity contribution in [2.45, 2.75) is 37.9 Å². The number of carbonyl (C=O) groups is 1. The first kappa shape index (κ1) is 17.5. The van der Waals surface area contributed by atoms with Gasteiger partial charge in [-0.15, -0.1) is 0 Å². The molecule has 0 aromatic heterocycles. The summed E-state index contributed by atoms with van der Waals surface area (Å²) in [5, 5.41) is 39.9. The number of aromatic hydroxyl groups is 4. The van der Waals surface area contributed by atoms with E-state index < -0.39 is 5.92 Å². The smallest absolute Gasteiger partial charge is 0.181 e. The maximum absolute atomic E-state index is 12.9. The third-order valence-corrected chi connectivity index (χ3v) is 5.20. The van der Waals surface area contributed by atoms with E-state index in [9.17, 15) is 25.2 Å². The van der Waals surface area contributed by atoms with Crippen molar-refractivity contribution in [3.63, 3.8) is 0 Å². The Morgan fingerprint density at radius 2 is 1.78 bits per heavy atom. The van der Waals surface area contributed by atoms with Crippen molar-refractivity contribution in [3.05, 3.63) is 41.0 Å². The first-order chi connectivity index (χ1) is 12.7. The number of rotatable bonds is 3. The number of hydrogen-bond donors (Lipinski definition) is 4. The molecule has 2 aliphatic rings. The zero-order valence-electron chi connectivity index (χ0n) is 14.9. The standard InChI is InChI=1S/C20H20O7/c1-20(2)16(27-20)5-10-3-9(4-14(23)18(10)24)12-8-26-15-7-11(21)6-13(22)17(15)19(12)25/h3-4,6-7,12,16,21-24H,5,8H2,1-2H3/t12-,16-/m1/s1. The first-order valence-electron chi connectivity index (χ1n) is 8.63. The lowest BCUT2D eigenvalue weighted by molar-refractivity contribution is 0.0892. The van der Waals surface area contributed by atoms with Gasteiger partial charge in [0, 0.05) is 24.1 Å². The van der Waals surface area contributed by atoms with Crippen LogP contribution in [-0.4, -0.2) is 44.5 Å². The Labute approximate surface area is 155 Å². The van der Waals surface area contributed by atoms with Crippen molar-refractivity contribution in [1.29, 1.82) is 0 Å². The lowest BCUT2D eigenvalue weighted by atomic mass is 9.86. The molecule has 2 aliphatic heterocycles. The summed E-state index contributed by atoms with van der Waals surface area (Å²) in [7, 11) is 0. The summed E-state index contributed by atoms with van der Waals surface area (Å²) >= 11 is 0. The fourth-order valence-corrected chi connectivity index (χ4v) is 3.50. The van der Waals surface area contributed by atoms with Gasteiger partial charge in [0.2, 0.25) is 0 Å². The van der Waals surface area contributed by atoms with Crippen molar-refractivity contribution in [3.8, 4) is 28.7 Å². The van der Waals surface area contributed by atoms with Crippen LogP contribution in [0.15, 0.2) is 24.3 Å². The molecule has 0 aliphatic carbocycles. The molecule has 0 saturated carbocycles. The number of fused-ring (bicyclic) bond motifs is 1. The van der Waals surface area contributed by atoms with E-state index in [4.69, 9.17) is 9.47 Å². The van der Waals surface area contributed by atoms with Crippen molar-refractivity contribution >= 4 is 5.78 Å². The van der Waals surface area contributed by atoms with E-state index in [2.05, 4.69) is 0 Å². The second kappa shape index (κ2) is 5.79. The average Bonchev–Trinajstić information content (AvgIpc) is 3.17. The fraction of sp³-hybridized carbons (Fsp3) is 0.350. The Balaban J connectivity index is 1.69. The molecule has 0 amide bonds. The van der Waals surface area contributed by atoms with Crippen LogP contribution < -0.4 is 4.74 Å². The van der Waals surface area contributed by atoms with Crippen LogP contribution in [0.4, 0.5) is 0 Å². The van der Waals surface area contributed by atoms with Crippen molar-refractivity contribution in [1.82, 2.24) is 0 Å². The monoisotopic (exact) mass is 372 g/mol. The number of carbonyl (C=O) groups excluding carboxylic acids is 1. The largest absolute Gasteiger partial charge is 0.508 e. The highest BCUT2D eigenvalue weighted by Gasteiger charge is 2.48. The molecule has 7 heteroatoms. The number of ketones is 1. The molecule has 4 N–H and O–H groups in total. The Hall–Kier alpha value is -2.93. The molecule has 1 fully saturated rings. The van der Waals surface area contributed by atoms with Crippen LogP contribution in [-0.2, 0) is 11.2 Å². The minimum atomic E-state index is -0.758. The van der Waals surface area contributed by atoms with E-state index in [1.165, 1.54) is 12.1 Å². The Kier molecular flexibility index (Phi) is 3.75. The molecule has 2 heterocycles. The van der Waals surface area contributed by atoms with Crippen molar-refractivity contribution < 1.29 is 34.7 Å². The second-order valence-electron chi connectivity index (χ2n) is 7.53. The SMILES string of the molecule is CC1(C)O[C@@H]1Cc1cc([C@H]2COc3cc(O)cc(O)c3C2=O)cc(O)c1O. The third-order valence-electron chi connectivity index (χ3n) is 5.20. The summed E-state index contributed by atoms with van der Waals surface area (Å²) in [6.45, 7) is 3.86. The lowest BCUT2D eigenvalue weighted by Crippen LogP contribution is -2.26. The summed E-state index contributed by atoms with van der Waals surface area (Å²) in [4.78, 5) is 12.9. The predicted octanol–water partition coefficient (Wildman–Crippen LogP) is 2.59. The van der Waals surface area contributed by atoms with Crippen LogP contribution in [0.25, 0.3) is 0 Å². The molecule has 2 atom stereocenters. The predicted molar refractivity (Wildman–Crippen MR) is 94.8 cm³/mol. The molecule has 2 aromatic carbocycles. The Morgan fingerprint density at radius 1 is 1.07 bits per heavy atom. The van der Waals surface area contributed by atoms with E-state index in [1.54, 1.807) is 6.07 Å². The Bertz CT molecular complexity index is 948. The van der Waals surface area contributed by atoms with Crippen LogP contribution in [0.5, 0.6) is 28.7 Å². The Morgan fingerprint density at radius 3 is 2.44 bits per heavy atom. The van der Waals surface area contributed by atoms with E-state index in [-0.39, 0.29) is 58.4 Å². The van der Waals surface area contributed by atoms with Gasteiger partial charge in [0.25, 0.3) is 0 Å². The second-order valence-corrected chi connectivity index (χ2v) is 7.53. The zero-order chi connectivity index (χ0) is 19.5. The number of ether oxygens (including phenoxy) is 2. The van der Waals surface area contributed by atoms with Gasteiger partial charge in [-0.1, -0.05) is 6.07 Å². The van der Waals surface area contributed by atoms with Gasteiger partial charge in [-0.05, 0) is 25.5 Å². The highest BCUT2D eigenvalue weighted by Crippen LogP contribution is 2.44. The summed E-state index contributed by atoms with van der Waals surface area (Å²) < 4.78 is 11.1. The zero-order valence-corrected chi connectivity index (χ0v) is 14.9. The number of phenolic OH excluding ortho intramolecular Hbond substituents is 4. The van der Waals surface area contributed by atoms with Crippen molar-refractivity contribution in [2.24, 2.45) is 0 Å². The normalized spacial score (nSPS) is 22.8. The summed E-state index contributed by atoms with van der Waals surface area (Å²) in [6, 6.07) is 5.33. The number of benzene rings is 2. The average molecular weight is 372 g/mol. The van der Waals surface area contributed by atoms with E-state index in [1.807, 2.05) is 13.8 Å². The molecule has 1 saturated heterocycles. The minimum Gasteiger partial charge on any atom is -0.508 e. The molecule has 27 heavy (non-hydrogen) atoms. The topological polar surface area (TPSA) is 120 Å². The van der Waals surface area contributed by atoms with Gasteiger partial charge in [-0.2, -0.15) is 0 Å². The molecule has 7 nitrogen and oxygen atoms in total. The third kappa shape index (κ3) is 2.94. The van der Waals surface area contributed by atoms with E-state index >= 15 is 0 Å². The number of phenols is 4. The van der Waals surface area contributed by atoms with Gasteiger partial charge in [-0.3, -0.25) is 4.79 Å². The molecule has 0 radical (unpaired) electrons.